The number of sulfone groups is 1. The Morgan fingerprint density at radius 1 is 1.25 bits per heavy atom. The lowest BCUT2D eigenvalue weighted by atomic mass is 10.3. The Morgan fingerprint density at radius 2 is 2.00 bits per heavy atom. The van der Waals surface area contributed by atoms with E-state index in [1.54, 1.807) is 19.1 Å². The topological polar surface area (TPSA) is 56.3 Å². The van der Waals surface area contributed by atoms with Gasteiger partial charge in [0.05, 0.1) is 23.5 Å². The van der Waals surface area contributed by atoms with Crippen LogP contribution in [0.15, 0.2) is 41.3 Å². The van der Waals surface area contributed by atoms with E-state index < -0.39 is 15.7 Å². The maximum absolute atomic E-state index is 13.1. The van der Waals surface area contributed by atoms with E-state index in [0.29, 0.717) is 17.1 Å². The third-order valence-electron chi connectivity index (χ3n) is 2.71. The smallest absolute Gasteiger partial charge is 0.184 e. The van der Waals surface area contributed by atoms with Crippen LogP contribution in [0, 0.1) is 12.7 Å². The number of halogens is 1. The molecule has 0 atom stereocenters. The number of hydrogen-bond donors (Lipinski definition) is 0. The first-order valence-electron chi connectivity index (χ1n) is 5.90. The monoisotopic (exact) mass is 295 g/mol. The van der Waals surface area contributed by atoms with Crippen LogP contribution in [0.2, 0.25) is 0 Å². The molecule has 0 unspecified atom stereocenters. The number of methoxy groups -OCH3 is 1. The molecule has 0 bridgehead atoms. The van der Waals surface area contributed by atoms with Crippen molar-refractivity contribution >= 4 is 9.84 Å². The van der Waals surface area contributed by atoms with Gasteiger partial charge in [-0.2, -0.15) is 0 Å². The molecule has 106 valence electrons. The molecule has 1 heterocycles. The number of aryl methyl sites for hydroxylation is 1. The second-order valence-corrected chi connectivity index (χ2v) is 6.35. The SMILES string of the molecule is COc1cc(C)nc(CS(=O)(=O)c2cccc(F)c2)c1. The summed E-state index contributed by atoms with van der Waals surface area (Å²) in [5.41, 5.74) is 1.03. The fourth-order valence-corrected chi connectivity index (χ4v) is 3.12. The predicted molar refractivity (Wildman–Crippen MR) is 72.8 cm³/mol. The fourth-order valence-electron chi connectivity index (χ4n) is 1.83. The number of ether oxygens (including phenoxy) is 1. The van der Waals surface area contributed by atoms with Crippen LogP contribution < -0.4 is 4.74 Å². The molecule has 0 aliphatic rings. The summed E-state index contributed by atoms with van der Waals surface area (Å²) in [5, 5.41) is 0. The van der Waals surface area contributed by atoms with E-state index in [2.05, 4.69) is 4.98 Å². The molecule has 0 aliphatic carbocycles. The lowest BCUT2D eigenvalue weighted by Gasteiger charge is -2.07. The van der Waals surface area contributed by atoms with E-state index in [-0.39, 0.29) is 10.6 Å². The Morgan fingerprint density at radius 3 is 2.65 bits per heavy atom. The molecule has 1 aromatic heterocycles. The molecule has 0 saturated heterocycles. The second kappa shape index (κ2) is 5.58. The van der Waals surface area contributed by atoms with Crippen molar-refractivity contribution < 1.29 is 17.5 Å². The van der Waals surface area contributed by atoms with E-state index in [1.165, 1.54) is 25.3 Å². The molecule has 1 aromatic carbocycles. The van der Waals surface area contributed by atoms with Crippen molar-refractivity contribution in [3.8, 4) is 5.75 Å². The van der Waals surface area contributed by atoms with E-state index in [4.69, 9.17) is 4.74 Å². The van der Waals surface area contributed by atoms with Gasteiger partial charge in [-0.05, 0) is 25.1 Å². The minimum absolute atomic E-state index is 0.0558. The number of pyridine rings is 1. The largest absolute Gasteiger partial charge is 0.497 e. The van der Waals surface area contributed by atoms with Gasteiger partial charge in [-0.15, -0.1) is 0 Å². The fraction of sp³-hybridized carbons (Fsp3) is 0.214. The van der Waals surface area contributed by atoms with Gasteiger partial charge >= 0.3 is 0 Å². The van der Waals surface area contributed by atoms with Crippen LogP contribution in [0.4, 0.5) is 4.39 Å². The van der Waals surface area contributed by atoms with Crippen LogP contribution in [0.1, 0.15) is 11.4 Å². The van der Waals surface area contributed by atoms with E-state index in [0.717, 1.165) is 6.07 Å². The molecule has 20 heavy (non-hydrogen) atoms. The van der Waals surface area contributed by atoms with Crippen molar-refractivity contribution in [2.45, 2.75) is 17.6 Å². The van der Waals surface area contributed by atoms with E-state index in [1.807, 2.05) is 0 Å². The van der Waals surface area contributed by atoms with Crippen LogP contribution in [0.25, 0.3) is 0 Å². The molecule has 2 rings (SSSR count). The van der Waals surface area contributed by atoms with Crippen LogP contribution in [0.3, 0.4) is 0 Å². The zero-order chi connectivity index (χ0) is 14.8. The molecular formula is C14H14FNO3S. The molecule has 4 nitrogen and oxygen atoms in total. The van der Waals surface area contributed by atoms with Gasteiger partial charge in [0.2, 0.25) is 0 Å². The van der Waals surface area contributed by atoms with E-state index in [9.17, 15) is 12.8 Å². The standard InChI is InChI=1S/C14H14FNO3S/c1-10-6-13(19-2)8-12(16-10)9-20(17,18)14-5-3-4-11(15)7-14/h3-8H,9H2,1-2H3. The maximum Gasteiger partial charge on any atom is 0.184 e. The molecule has 0 fully saturated rings. The minimum atomic E-state index is -3.64. The number of aromatic nitrogens is 1. The third-order valence-corrected chi connectivity index (χ3v) is 4.36. The summed E-state index contributed by atoms with van der Waals surface area (Å²) in [4.78, 5) is 4.11. The van der Waals surface area contributed by atoms with Gasteiger partial charge in [0, 0.05) is 17.8 Å². The molecule has 0 radical (unpaired) electrons. The van der Waals surface area contributed by atoms with Crippen molar-refractivity contribution in [2.24, 2.45) is 0 Å². The number of benzene rings is 1. The molecule has 0 N–H and O–H groups in total. The number of hydrogen-bond acceptors (Lipinski definition) is 4. The summed E-state index contributed by atoms with van der Waals surface area (Å²) in [7, 11) is -2.14. The maximum atomic E-state index is 13.1. The Hall–Kier alpha value is -1.95. The lowest BCUT2D eigenvalue weighted by Crippen LogP contribution is -2.07. The summed E-state index contributed by atoms with van der Waals surface area (Å²) in [6.45, 7) is 1.75. The molecular weight excluding hydrogens is 281 g/mol. The summed E-state index contributed by atoms with van der Waals surface area (Å²) < 4.78 is 42.6. The summed E-state index contributed by atoms with van der Waals surface area (Å²) in [6, 6.07) is 8.20. The first-order chi connectivity index (χ1) is 9.40. The second-order valence-electron chi connectivity index (χ2n) is 4.36. The van der Waals surface area contributed by atoms with Gasteiger partial charge in [0.1, 0.15) is 11.6 Å². The van der Waals surface area contributed by atoms with Gasteiger partial charge in [-0.1, -0.05) is 6.07 Å². The van der Waals surface area contributed by atoms with Crippen molar-refractivity contribution in [3.63, 3.8) is 0 Å². The molecule has 0 saturated carbocycles. The normalized spacial score (nSPS) is 11.3. The molecule has 0 aliphatic heterocycles. The highest BCUT2D eigenvalue weighted by Gasteiger charge is 2.17. The van der Waals surface area contributed by atoms with Crippen molar-refractivity contribution in [2.75, 3.05) is 7.11 Å². The van der Waals surface area contributed by atoms with Gasteiger partial charge in [0.25, 0.3) is 0 Å². The van der Waals surface area contributed by atoms with Crippen molar-refractivity contribution in [1.82, 2.24) is 4.98 Å². The Balaban J connectivity index is 2.35. The molecule has 0 amide bonds. The highest BCUT2D eigenvalue weighted by Crippen LogP contribution is 2.20. The molecule has 0 spiro atoms. The van der Waals surface area contributed by atoms with Crippen LogP contribution in [-0.2, 0) is 15.6 Å². The van der Waals surface area contributed by atoms with Gasteiger partial charge in [-0.3, -0.25) is 4.98 Å². The van der Waals surface area contributed by atoms with Crippen LogP contribution >= 0.6 is 0 Å². The summed E-state index contributed by atoms with van der Waals surface area (Å²) in [6.07, 6.45) is 0. The van der Waals surface area contributed by atoms with E-state index >= 15 is 0 Å². The zero-order valence-corrected chi connectivity index (χ0v) is 11.9. The Labute approximate surface area is 117 Å². The zero-order valence-electron chi connectivity index (χ0n) is 11.1. The van der Waals surface area contributed by atoms with Crippen LogP contribution in [-0.4, -0.2) is 20.5 Å². The van der Waals surface area contributed by atoms with Crippen molar-refractivity contribution in [3.05, 3.63) is 53.6 Å². The minimum Gasteiger partial charge on any atom is -0.497 e. The Bertz CT molecular complexity index is 729. The first-order valence-corrected chi connectivity index (χ1v) is 7.56. The highest BCUT2D eigenvalue weighted by molar-refractivity contribution is 7.90. The average Bonchev–Trinajstić information content (AvgIpc) is 2.37. The lowest BCUT2D eigenvalue weighted by molar-refractivity contribution is 0.413. The highest BCUT2D eigenvalue weighted by atomic mass is 32.2. The van der Waals surface area contributed by atoms with Crippen LogP contribution in [0.5, 0.6) is 5.75 Å². The molecule has 2 aromatic rings. The molecule has 6 heteroatoms. The average molecular weight is 295 g/mol. The van der Waals surface area contributed by atoms with Crippen molar-refractivity contribution in [1.29, 1.82) is 0 Å². The number of nitrogens with zero attached hydrogens (tertiary/aromatic N) is 1. The van der Waals surface area contributed by atoms with Gasteiger partial charge in [-0.25, -0.2) is 12.8 Å². The van der Waals surface area contributed by atoms with Gasteiger partial charge < -0.3 is 4.74 Å². The number of rotatable bonds is 4. The quantitative estimate of drug-likeness (QED) is 0.869. The third kappa shape index (κ3) is 3.33. The summed E-state index contributed by atoms with van der Waals surface area (Å²) >= 11 is 0. The summed E-state index contributed by atoms with van der Waals surface area (Å²) in [5.74, 6) is -0.336. The Kier molecular flexibility index (Phi) is 4.04. The first kappa shape index (κ1) is 14.5. The predicted octanol–water partition coefficient (Wildman–Crippen LogP) is 2.51. The van der Waals surface area contributed by atoms with Gasteiger partial charge in [0.15, 0.2) is 9.84 Å².